The number of nitrogens with one attached hydrogen (secondary N) is 1. The van der Waals surface area contributed by atoms with Crippen LogP contribution in [0, 0.1) is 15.9 Å². The maximum absolute atomic E-state index is 13.6. The minimum Gasteiger partial charge on any atom is -0.387 e. The van der Waals surface area contributed by atoms with Crippen molar-refractivity contribution in [3.8, 4) is 0 Å². The van der Waals surface area contributed by atoms with Gasteiger partial charge in [-0.3, -0.25) is 10.1 Å². The number of nitrogens with zero attached hydrogens (tertiary/aromatic N) is 1. The van der Waals surface area contributed by atoms with E-state index < -0.39 is 16.8 Å². The Balaban J connectivity index is 2.01. The van der Waals surface area contributed by atoms with E-state index in [2.05, 4.69) is 21.2 Å². The van der Waals surface area contributed by atoms with E-state index in [1.165, 1.54) is 30.3 Å². The second-order valence-corrected chi connectivity index (χ2v) is 5.29. The maximum atomic E-state index is 13.6. The summed E-state index contributed by atoms with van der Waals surface area (Å²) < 4.78 is 14.2. The van der Waals surface area contributed by atoms with Gasteiger partial charge in [0.1, 0.15) is 5.82 Å². The van der Waals surface area contributed by atoms with Crippen molar-refractivity contribution in [3.05, 3.63) is 68.4 Å². The summed E-state index contributed by atoms with van der Waals surface area (Å²) in [5, 5.41) is 23.3. The average Bonchev–Trinajstić information content (AvgIpc) is 2.46. The molecule has 110 valence electrons. The normalized spacial score (nSPS) is 12.0. The van der Waals surface area contributed by atoms with Gasteiger partial charge in [-0.1, -0.05) is 15.9 Å². The number of benzene rings is 2. The van der Waals surface area contributed by atoms with Crippen LogP contribution in [0.2, 0.25) is 0 Å². The van der Waals surface area contributed by atoms with Crippen LogP contribution in [0.3, 0.4) is 0 Å². The summed E-state index contributed by atoms with van der Waals surface area (Å²) in [7, 11) is 0. The minimum absolute atomic E-state index is 0.0436. The standard InChI is InChI=1S/C14H12BrFN2O3/c15-10-3-6-13(12(16)7-10)17-8-14(19)9-1-4-11(5-2-9)18(20)21/h1-7,14,17,19H,8H2. The average molecular weight is 355 g/mol. The van der Waals surface area contributed by atoms with Crippen LogP contribution in [0.25, 0.3) is 0 Å². The van der Waals surface area contributed by atoms with Gasteiger partial charge in [-0.2, -0.15) is 0 Å². The van der Waals surface area contributed by atoms with Gasteiger partial charge in [-0.15, -0.1) is 0 Å². The monoisotopic (exact) mass is 354 g/mol. The number of halogens is 2. The molecule has 2 rings (SSSR count). The molecule has 1 atom stereocenters. The van der Waals surface area contributed by atoms with Crippen molar-refractivity contribution >= 4 is 27.3 Å². The van der Waals surface area contributed by atoms with Gasteiger partial charge in [0.05, 0.1) is 16.7 Å². The zero-order valence-corrected chi connectivity index (χ0v) is 12.4. The van der Waals surface area contributed by atoms with E-state index in [4.69, 9.17) is 0 Å². The third kappa shape index (κ3) is 3.99. The number of aliphatic hydroxyl groups excluding tert-OH is 1. The third-order valence-corrected chi connectivity index (χ3v) is 3.40. The topological polar surface area (TPSA) is 75.4 Å². The molecule has 0 radical (unpaired) electrons. The highest BCUT2D eigenvalue weighted by atomic mass is 79.9. The Bertz CT molecular complexity index is 649. The molecule has 1 unspecified atom stereocenters. The molecule has 0 spiro atoms. The molecule has 21 heavy (non-hydrogen) atoms. The van der Waals surface area contributed by atoms with E-state index in [9.17, 15) is 19.6 Å². The van der Waals surface area contributed by atoms with Crippen LogP contribution in [0.4, 0.5) is 15.8 Å². The molecule has 5 nitrogen and oxygen atoms in total. The lowest BCUT2D eigenvalue weighted by Crippen LogP contribution is -2.13. The number of anilines is 1. The first-order valence-corrected chi connectivity index (χ1v) is 6.88. The highest BCUT2D eigenvalue weighted by Gasteiger charge is 2.11. The molecule has 0 aliphatic heterocycles. The van der Waals surface area contributed by atoms with Gasteiger partial charge in [0.25, 0.3) is 5.69 Å². The van der Waals surface area contributed by atoms with Crippen molar-refractivity contribution in [2.24, 2.45) is 0 Å². The van der Waals surface area contributed by atoms with Crippen LogP contribution >= 0.6 is 15.9 Å². The minimum atomic E-state index is -0.895. The summed E-state index contributed by atoms with van der Waals surface area (Å²) >= 11 is 3.16. The highest BCUT2D eigenvalue weighted by Crippen LogP contribution is 2.22. The highest BCUT2D eigenvalue weighted by molar-refractivity contribution is 9.10. The number of nitro benzene ring substituents is 1. The molecule has 0 aliphatic rings. The van der Waals surface area contributed by atoms with Gasteiger partial charge >= 0.3 is 0 Å². The van der Waals surface area contributed by atoms with Gasteiger partial charge in [0.2, 0.25) is 0 Å². The van der Waals surface area contributed by atoms with Crippen LogP contribution in [0.5, 0.6) is 0 Å². The van der Waals surface area contributed by atoms with E-state index >= 15 is 0 Å². The SMILES string of the molecule is O=[N+]([O-])c1ccc(C(O)CNc2ccc(Br)cc2F)cc1. The first-order valence-electron chi connectivity index (χ1n) is 6.08. The Labute approximate surface area is 128 Å². The van der Waals surface area contributed by atoms with E-state index in [1.54, 1.807) is 12.1 Å². The Morgan fingerprint density at radius 2 is 1.95 bits per heavy atom. The number of aliphatic hydroxyl groups is 1. The Kier molecular flexibility index (Phi) is 4.87. The molecule has 0 aromatic heterocycles. The maximum Gasteiger partial charge on any atom is 0.269 e. The molecular formula is C14H12BrFN2O3. The number of rotatable bonds is 5. The van der Waals surface area contributed by atoms with Crippen molar-refractivity contribution in [2.45, 2.75) is 6.10 Å². The lowest BCUT2D eigenvalue weighted by molar-refractivity contribution is -0.384. The quantitative estimate of drug-likeness (QED) is 0.634. The molecule has 7 heteroatoms. The van der Waals surface area contributed by atoms with Crippen LogP contribution in [-0.4, -0.2) is 16.6 Å². The molecule has 0 amide bonds. The van der Waals surface area contributed by atoms with Gasteiger partial charge in [0, 0.05) is 23.2 Å². The fourth-order valence-electron chi connectivity index (χ4n) is 1.78. The van der Waals surface area contributed by atoms with E-state index in [0.29, 0.717) is 10.0 Å². The van der Waals surface area contributed by atoms with E-state index in [-0.39, 0.29) is 17.9 Å². The molecule has 0 saturated heterocycles. The van der Waals surface area contributed by atoms with Crippen LogP contribution in [0.1, 0.15) is 11.7 Å². The summed E-state index contributed by atoms with van der Waals surface area (Å²) in [5.74, 6) is -0.430. The molecule has 2 N–H and O–H groups in total. The van der Waals surface area contributed by atoms with Crippen LogP contribution in [-0.2, 0) is 0 Å². The smallest absolute Gasteiger partial charge is 0.269 e. The third-order valence-electron chi connectivity index (χ3n) is 2.91. The molecule has 0 fully saturated rings. The first kappa shape index (κ1) is 15.4. The zero-order chi connectivity index (χ0) is 15.4. The first-order chi connectivity index (χ1) is 9.97. The molecule has 0 aliphatic carbocycles. The fraction of sp³-hybridized carbons (Fsp3) is 0.143. The number of nitro groups is 1. The Hall–Kier alpha value is -1.99. The van der Waals surface area contributed by atoms with Gasteiger partial charge < -0.3 is 10.4 Å². The van der Waals surface area contributed by atoms with Crippen molar-refractivity contribution in [1.29, 1.82) is 0 Å². The molecule has 0 heterocycles. The largest absolute Gasteiger partial charge is 0.387 e. The zero-order valence-electron chi connectivity index (χ0n) is 10.8. The predicted molar refractivity (Wildman–Crippen MR) is 80.6 cm³/mol. The van der Waals surface area contributed by atoms with Gasteiger partial charge in [-0.05, 0) is 35.9 Å². The van der Waals surface area contributed by atoms with E-state index in [1.807, 2.05) is 0 Å². The molecule has 0 bridgehead atoms. The molecule has 2 aromatic carbocycles. The summed E-state index contributed by atoms with van der Waals surface area (Å²) in [6.07, 6.45) is -0.895. The van der Waals surface area contributed by atoms with Crippen LogP contribution in [0.15, 0.2) is 46.9 Å². The van der Waals surface area contributed by atoms with Gasteiger partial charge in [-0.25, -0.2) is 4.39 Å². The second-order valence-electron chi connectivity index (χ2n) is 4.37. The number of hydrogen-bond acceptors (Lipinski definition) is 4. The van der Waals surface area contributed by atoms with Crippen molar-refractivity contribution in [1.82, 2.24) is 0 Å². The summed E-state index contributed by atoms with van der Waals surface area (Å²) in [6, 6.07) is 10.1. The molecular weight excluding hydrogens is 343 g/mol. The van der Waals surface area contributed by atoms with Crippen LogP contribution < -0.4 is 5.32 Å². The predicted octanol–water partition coefficient (Wildman–Crippen LogP) is 3.64. The van der Waals surface area contributed by atoms with Crippen molar-refractivity contribution in [3.63, 3.8) is 0 Å². The molecule has 0 saturated carbocycles. The van der Waals surface area contributed by atoms with E-state index in [0.717, 1.165) is 0 Å². The number of non-ortho nitro benzene ring substituents is 1. The van der Waals surface area contributed by atoms with Crippen molar-refractivity contribution < 1.29 is 14.4 Å². The Morgan fingerprint density at radius 1 is 1.29 bits per heavy atom. The summed E-state index contributed by atoms with van der Waals surface area (Å²) in [4.78, 5) is 10.0. The van der Waals surface area contributed by atoms with Gasteiger partial charge in [0.15, 0.2) is 0 Å². The Morgan fingerprint density at radius 3 is 2.52 bits per heavy atom. The second kappa shape index (κ2) is 6.64. The lowest BCUT2D eigenvalue weighted by atomic mass is 10.1. The molecule has 2 aromatic rings. The summed E-state index contributed by atoms with van der Waals surface area (Å²) in [6.45, 7) is 0.0936. The summed E-state index contributed by atoms with van der Waals surface area (Å²) in [5.41, 5.74) is 0.752. The fourth-order valence-corrected chi connectivity index (χ4v) is 2.11. The van der Waals surface area contributed by atoms with Crippen molar-refractivity contribution in [2.75, 3.05) is 11.9 Å². The lowest BCUT2D eigenvalue weighted by Gasteiger charge is -2.13. The number of hydrogen-bond donors (Lipinski definition) is 2.